The van der Waals surface area contributed by atoms with Gasteiger partial charge in [-0.05, 0) is 19.3 Å². The standard InChI is InChI=1S/C17H26N6O2/c18-15(24)13-21-6-2-8-22(10-9-21)17(25)14-3-1-7-23(12-14)16-11-19-4-5-20-16/h4-5,11,14H,1-3,6-10,12-13H2,(H2,18,24)/t14-/m0/s1. The number of rotatable bonds is 4. The van der Waals surface area contributed by atoms with Crippen LogP contribution in [0.1, 0.15) is 19.3 Å². The summed E-state index contributed by atoms with van der Waals surface area (Å²) in [4.78, 5) is 38.7. The summed E-state index contributed by atoms with van der Waals surface area (Å²) in [6.45, 7) is 4.79. The molecule has 1 aromatic heterocycles. The molecule has 0 bridgehead atoms. The minimum absolute atomic E-state index is 0.00144. The van der Waals surface area contributed by atoms with E-state index in [0.717, 1.165) is 44.7 Å². The van der Waals surface area contributed by atoms with Gasteiger partial charge in [-0.3, -0.25) is 19.5 Å². The van der Waals surface area contributed by atoms with Gasteiger partial charge >= 0.3 is 0 Å². The summed E-state index contributed by atoms with van der Waals surface area (Å²) < 4.78 is 0. The minimum atomic E-state index is -0.313. The fraction of sp³-hybridized carbons (Fsp3) is 0.647. The third-order valence-electron chi connectivity index (χ3n) is 4.92. The van der Waals surface area contributed by atoms with Gasteiger partial charge in [0.2, 0.25) is 11.8 Å². The molecule has 0 unspecified atom stereocenters. The molecule has 2 saturated heterocycles. The van der Waals surface area contributed by atoms with E-state index in [1.165, 1.54) is 0 Å². The molecule has 0 saturated carbocycles. The Morgan fingerprint density at radius 2 is 2.00 bits per heavy atom. The van der Waals surface area contributed by atoms with E-state index in [1.54, 1.807) is 18.6 Å². The number of aromatic nitrogens is 2. The van der Waals surface area contributed by atoms with Crippen LogP contribution >= 0.6 is 0 Å². The summed E-state index contributed by atoms with van der Waals surface area (Å²) >= 11 is 0. The highest BCUT2D eigenvalue weighted by molar-refractivity contribution is 5.80. The van der Waals surface area contributed by atoms with E-state index in [1.807, 2.05) is 9.80 Å². The first-order chi connectivity index (χ1) is 12.1. The molecule has 25 heavy (non-hydrogen) atoms. The van der Waals surface area contributed by atoms with Gasteiger partial charge in [-0.1, -0.05) is 0 Å². The lowest BCUT2D eigenvalue weighted by Crippen LogP contribution is -2.46. The molecule has 2 aliphatic rings. The van der Waals surface area contributed by atoms with Crippen LogP contribution in [0.3, 0.4) is 0 Å². The molecule has 2 aliphatic heterocycles. The predicted molar refractivity (Wildman–Crippen MR) is 93.8 cm³/mol. The van der Waals surface area contributed by atoms with Gasteiger partial charge in [0, 0.05) is 51.7 Å². The van der Waals surface area contributed by atoms with E-state index in [4.69, 9.17) is 5.73 Å². The first-order valence-electron chi connectivity index (χ1n) is 8.94. The SMILES string of the molecule is NC(=O)CN1CCCN(C(=O)[C@H]2CCCN(c3cnccn3)C2)CC1. The van der Waals surface area contributed by atoms with Gasteiger partial charge in [-0.25, -0.2) is 4.98 Å². The van der Waals surface area contributed by atoms with Crippen LogP contribution in [0.4, 0.5) is 5.82 Å². The molecule has 8 heteroatoms. The molecule has 3 rings (SSSR count). The second kappa shape index (κ2) is 8.24. The third kappa shape index (κ3) is 4.66. The van der Waals surface area contributed by atoms with E-state index in [9.17, 15) is 9.59 Å². The van der Waals surface area contributed by atoms with Crippen LogP contribution in [-0.4, -0.2) is 77.4 Å². The molecule has 1 atom stereocenters. The third-order valence-corrected chi connectivity index (χ3v) is 4.92. The van der Waals surface area contributed by atoms with Crippen molar-refractivity contribution in [2.45, 2.75) is 19.3 Å². The highest BCUT2D eigenvalue weighted by Crippen LogP contribution is 2.23. The minimum Gasteiger partial charge on any atom is -0.369 e. The van der Waals surface area contributed by atoms with Gasteiger partial charge in [0.05, 0.1) is 18.7 Å². The second-order valence-corrected chi connectivity index (χ2v) is 6.77. The molecule has 2 N–H and O–H groups in total. The average Bonchev–Trinajstić information content (AvgIpc) is 2.87. The molecular weight excluding hydrogens is 320 g/mol. The number of carbonyl (C=O) groups excluding carboxylic acids is 2. The van der Waals surface area contributed by atoms with Gasteiger partial charge in [-0.2, -0.15) is 0 Å². The summed E-state index contributed by atoms with van der Waals surface area (Å²) in [6, 6.07) is 0. The molecule has 0 radical (unpaired) electrons. The van der Waals surface area contributed by atoms with Crippen LogP contribution < -0.4 is 10.6 Å². The molecule has 136 valence electrons. The van der Waals surface area contributed by atoms with Crippen LogP contribution in [0.5, 0.6) is 0 Å². The van der Waals surface area contributed by atoms with Crippen LogP contribution in [0.2, 0.25) is 0 Å². The number of hydrogen-bond acceptors (Lipinski definition) is 6. The molecule has 2 amide bonds. The van der Waals surface area contributed by atoms with Crippen LogP contribution in [0.25, 0.3) is 0 Å². The second-order valence-electron chi connectivity index (χ2n) is 6.77. The number of hydrogen-bond donors (Lipinski definition) is 1. The van der Waals surface area contributed by atoms with Crippen molar-refractivity contribution in [2.24, 2.45) is 11.7 Å². The van der Waals surface area contributed by atoms with Crippen molar-refractivity contribution in [3.05, 3.63) is 18.6 Å². The van der Waals surface area contributed by atoms with E-state index >= 15 is 0 Å². The number of anilines is 1. The summed E-state index contributed by atoms with van der Waals surface area (Å²) in [7, 11) is 0. The fourth-order valence-corrected chi connectivity index (χ4v) is 3.67. The Hall–Kier alpha value is -2.22. The zero-order valence-electron chi connectivity index (χ0n) is 14.5. The number of nitrogens with zero attached hydrogens (tertiary/aromatic N) is 5. The molecule has 0 aliphatic carbocycles. The van der Waals surface area contributed by atoms with E-state index in [-0.39, 0.29) is 24.3 Å². The smallest absolute Gasteiger partial charge is 0.231 e. The van der Waals surface area contributed by atoms with Crippen molar-refractivity contribution in [2.75, 3.05) is 50.7 Å². The maximum atomic E-state index is 13.0. The van der Waals surface area contributed by atoms with Gasteiger partial charge in [0.15, 0.2) is 0 Å². The number of carbonyl (C=O) groups is 2. The Morgan fingerprint density at radius 1 is 1.12 bits per heavy atom. The quantitative estimate of drug-likeness (QED) is 0.805. The molecule has 8 nitrogen and oxygen atoms in total. The van der Waals surface area contributed by atoms with Crippen molar-refractivity contribution in [1.82, 2.24) is 19.8 Å². The van der Waals surface area contributed by atoms with E-state index in [2.05, 4.69) is 14.9 Å². The molecule has 0 aromatic carbocycles. The number of piperidine rings is 1. The fourth-order valence-electron chi connectivity index (χ4n) is 3.67. The molecular formula is C17H26N6O2. The predicted octanol–water partition coefficient (Wildman–Crippen LogP) is -0.287. The monoisotopic (exact) mass is 346 g/mol. The maximum absolute atomic E-state index is 13.0. The van der Waals surface area contributed by atoms with Crippen molar-refractivity contribution in [1.29, 1.82) is 0 Å². The first kappa shape index (κ1) is 17.6. The highest BCUT2D eigenvalue weighted by Gasteiger charge is 2.30. The van der Waals surface area contributed by atoms with E-state index < -0.39 is 0 Å². The van der Waals surface area contributed by atoms with Crippen molar-refractivity contribution >= 4 is 17.6 Å². The van der Waals surface area contributed by atoms with Crippen molar-refractivity contribution in [3.8, 4) is 0 Å². The average molecular weight is 346 g/mol. The van der Waals surface area contributed by atoms with Gasteiger partial charge in [0.25, 0.3) is 0 Å². The van der Waals surface area contributed by atoms with E-state index in [0.29, 0.717) is 19.6 Å². The molecule has 2 fully saturated rings. The summed E-state index contributed by atoms with van der Waals surface area (Å²) in [6.07, 6.45) is 7.86. The van der Waals surface area contributed by atoms with Crippen molar-refractivity contribution < 1.29 is 9.59 Å². The lowest BCUT2D eigenvalue weighted by Gasteiger charge is -2.35. The Kier molecular flexibility index (Phi) is 5.80. The Bertz CT molecular complexity index is 596. The summed E-state index contributed by atoms with van der Waals surface area (Å²) in [5.41, 5.74) is 5.28. The highest BCUT2D eigenvalue weighted by atomic mass is 16.2. The lowest BCUT2D eigenvalue weighted by molar-refractivity contribution is -0.135. The number of primary amides is 1. The maximum Gasteiger partial charge on any atom is 0.231 e. The van der Waals surface area contributed by atoms with Gasteiger partial charge in [0.1, 0.15) is 5.82 Å². The normalized spacial score (nSPS) is 22.5. The topological polar surface area (TPSA) is 95.7 Å². The zero-order valence-corrected chi connectivity index (χ0v) is 14.5. The van der Waals surface area contributed by atoms with Crippen molar-refractivity contribution in [3.63, 3.8) is 0 Å². The van der Waals surface area contributed by atoms with Crippen LogP contribution in [0.15, 0.2) is 18.6 Å². The van der Waals surface area contributed by atoms with Gasteiger partial charge in [-0.15, -0.1) is 0 Å². The molecule has 3 heterocycles. The van der Waals surface area contributed by atoms with Crippen LogP contribution in [-0.2, 0) is 9.59 Å². The largest absolute Gasteiger partial charge is 0.369 e. The first-order valence-corrected chi connectivity index (χ1v) is 8.94. The summed E-state index contributed by atoms with van der Waals surface area (Å²) in [5, 5.41) is 0. The van der Waals surface area contributed by atoms with Gasteiger partial charge < -0.3 is 15.5 Å². The Labute approximate surface area is 148 Å². The molecule has 0 spiro atoms. The van der Waals surface area contributed by atoms with Crippen LogP contribution in [0, 0.1) is 5.92 Å². The Morgan fingerprint density at radius 3 is 2.76 bits per heavy atom. The number of amides is 2. The Balaban J connectivity index is 1.57. The summed E-state index contributed by atoms with van der Waals surface area (Å²) in [5.74, 6) is 0.739. The number of nitrogens with two attached hydrogens (primary N) is 1. The molecule has 1 aromatic rings. The lowest BCUT2D eigenvalue weighted by atomic mass is 9.96. The zero-order chi connectivity index (χ0) is 17.6.